The number of aromatic nitrogens is 2. The number of hydrogen-bond acceptors (Lipinski definition) is 7. The van der Waals surface area contributed by atoms with Gasteiger partial charge in [-0.25, -0.2) is 4.39 Å². The molecule has 2 heterocycles. The van der Waals surface area contributed by atoms with Crippen molar-refractivity contribution >= 4 is 17.3 Å². The molecule has 0 spiro atoms. The summed E-state index contributed by atoms with van der Waals surface area (Å²) in [6.45, 7) is 1.34. The molecule has 9 nitrogen and oxygen atoms in total. The van der Waals surface area contributed by atoms with Crippen LogP contribution in [0.5, 0.6) is 0 Å². The van der Waals surface area contributed by atoms with Crippen LogP contribution < -0.4 is 5.32 Å². The second-order valence-corrected chi connectivity index (χ2v) is 7.36. The lowest BCUT2D eigenvalue weighted by Crippen LogP contribution is -2.39. The van der Waals surface area contributed by atoms with E-state index in [1.807, 2.05) is 4.90 Å². The Kier molecular flexibility index (Phi) is 5.99. The summed E-state index contributed by atoms with van der Waals surface area (Å²) < 4.78 is 18.8. The standard InChI is InChI=1S/C21H20FN5O4/c22-16-7-3-5-14(11-16)20-24-21(31-25-20)15-6-4-10-26(12-15)13-19(28)23-17-8-1-2-9-18(17)27(29)30/h1-3,5,7-9,11,15H,4,6,10,12-13H2,(H,23,28). The molecule has 3 aromatic rings. The minimum absolute atomic E-state index is 0.0533. The third-order valence-corrected chi connectivity index (χ3v) is 5.12. The van der Waals surface area contributed by atoms with Crippen LogP contribution in [-0.2, 0) is 4.79 Å². The molecule has 1 amide bonds. The number of anilines is 1. The van der Waals surface area contributed by atoms with Crippen molar-refractivity contribution in [2.45, 2.75) is 18.8 Å². The van der Waals surface area contributed by atoms with Crippen molar-refractivity contribution in [3.05, 3.63) is 70.4 Å². The smallest absolute Gasteiger partial charge is 0.292 e. The number of nitrogens with zero attached hydrogens (tertiary/aromatic N) is 4. The molecule has 1 saturated heterocycles. The molecule has 1 aliphatic heterocycles. The van der Waals surface area contributed by atoms with E-state index < -0.39 is 4.92 Å². The van der Waals surface area contributed by atoms with Gasteiger partial charge in [0.15, 0.2) is 0 Å². The van der Waals surface area contributed by atoms with E-state index in [2.05, 4.69) is 15.5 Å². The first kappa shape index (κ1) is 20.6. The maximum atomic E-state index is 13.4. The SMILES string of the molecule is O=C(CN1CCCC(c2nc(-c3cccc(F)c3)no2)C1)Nc1ccccc1[N+](=O)[O-]. The fraction of sp³-hybridized carbons (Fsp3) is 0.286. The average molecular weight is 425 g/mol. The van der Waals surface area contributed by atoms with E-state index >= 15 is 0 Å². The Balaban J connectivity index is 1.39. The number of nitro benzene ring substituents is 1. The van der Waals surface area contributed by atoms with Gasteiger partial charge in [0.2, 0.25) is 17.6 Å². The molecule has 0 aliphatic carbocycles. The van der Waals surface area contributed by atoms with E-state index in [1.165, 1.54) is 24.3 Å². The summed E-state index contributed by atoms with van der Waals surface area (Å²) >= 11 is 0. The zero-order valence-electron chi connectivity index (χ0n) is 16.5. The van der Waals surface area contributed by atoms with Crippen LogP contribution >= 0.6 is 0 Å². The maximum absolute atomic E-state index is 13.4. The number of benzene rings is 2. The van der Waals surface area contributed by atoms with Gasteiger partial charge in [-0.05, 0) is 37.6 Å². The number of nitrogens with one attached hydrogen (secondary N) is 1. The van der Waals surface area contributed by atoms with Crippen LogP contribution in [0.15, 0.2) is 53.1 Å². The van der Waals surface area contributed by atoms with Crippen molar-refractivity contribution in [2.24, 2.45) is 0 Å². The fourth-order valence-corrected chi connectivity index (χ4v) is 3.68. The summed E-state index contributed by atoms with van der Waals surface area (Å²) in [6, 6.07) is 12.0. The van der Waals surface area contributed by atoms with Crippen LogP contribution in [0.25, 0.3) is 11.4 Å². The Morgan fingerprint density at radius 3 is 2.94 bits per heavy atom. The van der Waals surface area contributed by atoms with Crippen LogP contribution in [0.1, 0.15) is 24.7 Å². The van der Waals surface area contributed by atoms with E-state index in [0.717, 1.165) is 12.8 Å². The second kappa shape index (κ2) is 9.00. The number of amides is 1. The number of carbonyl (C=O) groups excluding carboxylic acids is 1. The van der Waals surface area contributed by atoms with Gasteiger partial charge in [0.05, 0.1) is 17.4 Å². The van der Waals surface area contributed by atoms with Crippen molar-refractivity contribution in [1.29, 1.82) is 0 Å². The first-order valence-corrected chi connectivity index (χ1v) is 9.85. The number of rotatable bonds is 6. The predicted molar refractivity (Wildman–Crippen MR) is 110 cm³/mol. The number of nitro groups is 1. The highest BCUT2D eigenvalue weighted by Crippen LogP contribution is 2.28. The van der Waals surface area contributed by atoms with E-state index in [9.17, 15) is 19.3 Å². The summed E-state index contributed by atoms with van der Waals surface area (Å²) in [5, 5.41) is 17.7. The van der Waals surface area contributed by atoms with Crippen LogP contribution in [-0.4, -0.2) is 45.5 Å². The van der Waals surface area contributed by atoms with Crippen LogP contribution in [0, 0.1) is 15.9 Å². The lowest BCUT2D eigenvalue weighted by atomic mass is 9.98. The monoisotopic (exact) mass is 425 g/mol. The molecule has 0 bridgehead atoms. The van der Waals surface area contributed by atoms with Gasteiger partial charge < -0.3 is 9.84 Å². The van der Waals surface area contributed by atoms with Crippen LogP contribution in [0.2, 0.25) is 0 Å². The quantitative estimate of drug-likeness (QED) is 0.474. The first-order chi connectivity index (χ1) is 15.0. The zero-order chi connectivity index (χ0) is 21.8. The van der Waals surface area contributed by atoms with Crippen molar-refractivity contribution in [3.8, 4) is 11.4 Å². The van der Waals surface area contributed by atoms with Crippen LogP contribution in [0.4, 0.5) is 15.8 Å². The minimum Gasteiger partial charge on any atom is -0.339 e. The normalized spacial score (nSPS) is 16.7. The molecule has 31 heavy (non-hydrogen) atoms. The third kappa shape index (κ3) is 4.92. The maximum Gasteiger partial charge on any atom is 0.292 e. The zero-order valence-corrected chi connectivity index (χ0v) is 16.5. The van der Waals surface area contributed by atoms with Gasteiger partial charge >= 0.3 is 0 Å². The molecular formula is C21H20FN5O4. The molecule has 0 saturated carbocycles. The number of carbonyl (C=O) groups is 1. The Labute approximate surface area is 177 Å². The molecule has 1 atom stereocenters. The van der Waals surface area contributed by atoms with Gasteiger partial charge in [-0.15, -0.1) is 0 Å². The van der Waals surface area contributed by atoms with E-state index in [0.29, 0.717) is 30.4 Å². The van der Waals surface area contributed by atoms with Crippen molar-refractivity contribution in [2.75, 3.05) is 25.0 Å². The van der Waals surface area contributed by atoms with E-state index in [4.69, 9.17) is 4.52 Å². The third-order valence-electron chi connectivity index (χ3n) is 5.12. The van der Waals surface area contributed by atoms with Gasteiger partial charge in [0.25, 0.3) is 5.69 Å². The highest BCUT2D eigenvalue weighted by molar-refractivity contribution is 5.94. The topological polar surface area (TPSA) is 114 Å². The number of piperidine rings is 1. The molecular weight excluding hydrogens is 405 g/mol. The van der Waals surface area contributed by atoms with E-state index in [1.54, 1.807) is 24.3 Å². The highest BCUT2D eigenvalue weighted by atomic mass is 19.1. The van der Waals surface area contributed by atoms with Gasteiger partial charge in [-0.1, -0.05) is 29.4 Å². The molecule has 1 unspecified atom stereocenters. The Hall–Kier alpha value is -3.66. The largest absolute Gasteiger partial charge is 0.339 e. The van der Waals surface area contributed by atoms with E-state index in [-0.39, 0.29) is 35.6 Å². The fourth-order valence-electron chi connectivity index (χ4n) is 3.68. The number of hydrogen-bond donors (Lipinski definition) is 1. The number of likely N-dealkylation sites (tertiary alicyclic amines) is 1. The molecule has 1 fully saturated rings. The average Bonchev–Trinajstić information content (AvgIpc) is 3.24. The second-order valence-electron chi connectivity index (χ2n) is 7.36. The molecule has 160 valence electrons. The number of halogens is 1. The Bertz CT molecular complexity index is 1100. The van der Waals surface area contributed by atoms with Crippen LogP contribution in [0.3, 0.4) is 0 Å². The molecule has 10 heteroatoms. The first-order valence-electron chi connectivity index (χ1n) is 9.85. The van der Waals surface area contributed by atoms with Gasteiger partial charge in [-0.3, -0.25) is 19.8 Å². The van der Waals surface area contributed by atoms with Crippen molar-refractivity contribution in [3.63, 3.8) is 0 Å². The van der Waals surface area contributed by atoms with Gasteiger partial charge in [0, 0.05) is 18.2 Å². The van der Waals surface area contributed by atoms with Crippen molar-refractivity contribution in [1.82, 2.24) is 15.0 Å². The minimum atomic E-state index is -0.529. The molecule has 1 aromatic heterocycles. The highest BCUT2D eigenvalue weighted by Gasteiger charge is 2.27. The summed E-state index contributed by atoms with van der Waals surface area (Å²) in [7, 11) is 0. The summed E-state index contributed by atoms with van der Waals surface area (Å²) in [5.74, 6) is 0.00419. The molecule has 1 N–H and O–H groups in total. The predicted octanol–water partition coefficient (Wildman–Crippen LogP) is 3.60. The Morgan fingerprint density at radius 1 is 1.29 bits per heavy atom. The lowest BCUT2D eigenvalue weighted by Gasteiger charge is -2.30. The summed E-state index contributed by atoms with van der Waals surface area (Å²) in [5.41, 5.74) is 0.553. The molecule has 1 aliphatic rings. The van der Waals surface area contributed by atoms with Gasteiger partial charge in [-0.2, -0.15) is 4.98 Å². The molecule has 0 radical (unpaired) electrons. The molecule has 2 aromatic carbocycles. The lowest BCUT2D eigenvalue weighted by molar-refractivity contribution is -0.383. The van der Waals surface area contributed by atoms with Gasteiger partial charge in [0.1, 0.15) is 11.5 Å². The Morgan fingerprint density at radius 2 is 2.13 bits per heavy atom. The van der Waals surface area contributed by atoms with Crippen molar-refractivity contribution < 1.29 is 18.6 Å². The summed E-state index contributed by atoms with van der Waals surface area (Å²) in [4.78, 5) is 29.4. The number of para-hydroxylation sites is 2. The molecule has 4 rings (SSSR count). The summed E-state index contributed by atoms with van der Waals surface area (Å²) in [6.07, 6.45) is 1.66.